The Morgan fingerprint density at radius 1 is 0.836 bits per heavy atom. The van der Waals surface area contributed by atoms with Crippen LogP contribution >= 0.6 is 0 Å². The van der Waals surface area contributed by atoms with E-state index < -0.39 is 72.6 Å². The maximum Gasteiger partial charge on any atom is 0.331 e. The maximum absolute atomic E-state index is 12.6. The number of rotatable bonds is 11. The molecular weight excluding hydrogens is 790 g/mol. The second-order valence-electron chi connectivity index (χ2n) is 20.4. The van der Waals surface area contributed by atoms with Crippen molar-refractivity contribution < 1.29 is 67.9 Å². The number of cyclic esters (lactones) is 1. The van der Waals surface area contributed by atoms with Gasteiger partial charge in [0, 0.05) is 50.3 Å². The molecule has 4 aliphatic heterocycles. The molecule has 0 aromatic heterocycles. The van der Waals surface area contributed by atoms with Gasteiger partial charge in [0.1, 0.15) is 18.8 Å². The summed E-state index contributed by atoms with van der Waals surface area (Å²) in [7, 11) is 1.40. The predicted molar refractivity (Wildman–Crippen MR) is 218 cm³/mol. The minimum Gasteiger partial charge on any atom is -0.469 e. The van der Waals surface area contributed by atoms with Crippen molar-refractivity contribution in [3.63, 3.8) is 0 Å². The Morgan fingerprint density at radius 3 is 2.18 bits per heavy atom. The standard InChI is InChI=1S/C46H73NO14/c1-25-23-47(16-7-8-37(51)54-6)17-13-39(56-25)60-42-26(2)58-41(22-35(42)49)61-43-27(3)57-40(21-34(43)48)59-30-11-14-44(4)29(19-30)9-10-32-33(44)20-36(50)45(5)31(12-15-46(32,45)53)28-18-38(52)55-24-28/h18,25-27,29-36,39-43,48-50,53H,7-17,19-24H2,1-6H3/t25-,26-,27-,29-,30+,31-,32-,33+,34+,35+,36-,39+,40+,41+,42-,43-,44+,45+,46+/m1/s1. The number of aliphatic hydroxyl groups is 4. The van der Waals surface area contributed by atoms with Crippen LogP contribution in [0, 0.1) is 34.5 Å². The summed E-state index contributed by atoms with van der Waals surface area (Å²) < 4.78 is 48.0. The minimum absolute atomic E-state index is 0.0364. The van der Waals surface area contributed by atoms with E-state index >= 15 is 0 Å². The number of carbonyl (C=O) groups is 2. The molecule has 15 heteroatoms. The monoisotopic (exact) mass is 864 g/mol. The lowest BCUT2D eigenvalue weighted by Crippen LogP contribution is -2.67. The Morgan fingerprint density at radius 2 is 1.52 bits per heavy atom. The first kappa shape index (κ1) is 45.8. The van der Waals surface area contributed by atoms with Gasteiger partial charge in [-0.05, 0) is 120 Å². The highest BCUT2D eigenvalue weighted by molar-refractivity contribution is 5.85. The summed E-state index contributed by atoms with van der Waals surface area (Å²) in [5, 5.41) is 47.2. The van der Waals surface area contributed by atoms with E-state index in [0.717, 1.165) is 57.2 Å². The molecule has 0 amide bonds. The number of carbonyl (C=O) groups excluding carboxylic acids is 2. The van der Waals surface area contributed by atoms with E-state index in [1.165, 1.54) is 7.11 Å². The van der Waals surface area contributed by atoms with Crippen LogP contribution in [0.3, 0.4) is 0 Å². The molecule has 0 bridgehead atoms. The molecular formula is C46H73NO14. The molecule has 0 aromatic carbocycles. The maximum atomic E-state index is 12.6. The van der Waals surface area contributed by atoms with Gasteiger partial charge in [0.05, 0.1) is 55.4 Å². The molecule has 4 aliphatic carbocycles. The predicted octanol–water partition coefficient (Wildman–Crippen LogP) is 3.75. The molecule has 0 aromatic rings. The van der Waals surface area contributed by atoms with E-state index in [-0.39, 0.29) is 66.8 Å². The topological polar surface area (TPSA) is 192 Å². The molecule has 346 valence electrons. The highest BCUT2D eigenvalue weighted by Gasteiger charge is 2.71. The number of esters is 2. The Balaban J connectivity index is 0.802. The van der Waals surface area contributed by atoms with Gasteiger partial charge in [-0.15, -0.1) is 0 Å². The van der Waals surface area contributed by atoms with E-state index in [1.54, 1.807) is 6.08 Å². The zero-order chi connectivity index (χ0) is 43.4. The van der Waals surface area contributed by atoms with Gasteiger partial charge < -0.3 is 63.2 Å². The first-order valence-corrected chi connectivity index (χ1v) is 23.4. The lowest BCUT2D eigenvalue weighted by Gasteiger charge is -2.65. The smallest absolute Gasteiger partial charge is 0.331 e. The molecule has 4 heterocycles. The molecule has 7 fully saturated rings. The van der Waals surface area contributed by atoms with Crippen LogP contribution in [0.15, 0.2) is 11.6 Å². The molecule has 8 rings (SSSR count). The van der Waals surface area contributed by atoms with Crippen molar-refractivity contribution in [3.05, 3.63) is 11.6 Å². The number of ether oxygens (including phenoxy) is 8. The van der Waals surface area contributed by atoms with Crippen LogP contribution in [-0.4, -0.2) is 150 Å². The minimum atomic E-state index is -1.01. The van der Waals surface area contributed by atoms with Gasteiger partial charge in [-0.1, -0.05) is 13.8 Å². The van der Waals surface area contributed by atoms with Gasteiger partial charge in [0.2, 0.25) is 0 Å². The van der Waals surface area contributed by atoms with Crippen LogP contribution in [-0.2, 0) is 47.5 Å². The van der Waals surface area contributed by atoms with Crippen molar-refractivity contribution in [2.75, 3.05) is 33.4 Å². The average molecular weight is 864 g/mol. The summed E-state index contributed by atoms with van der Waals surface area (Å²) >= 11 is 0. The van der Waals surface area contributed by atoms with Crippen molar-refractivity contribution in [2.24, 2.45) is 34.5 Å². The third-order valence-corrected chi connectivity index (χ3v) is 16.9. The van der Waals surface area contributed by atoms with E-state index in [2.05, 4.69) is 11.8 Å². The fourth-order valence-electron chi connectivity index (χ4n) is 13.6. The molecule has 0 unspecified atom stereocenters. The zero-order valence-corrected chi connectivity index (χ0v) is 37.2. The van der Waals surface area contributed by atoms with Crippen LogP contribution in [0.25, 0.3) is 0 Å². The van der Waals surface area contributed by atoms with Gasteiger partial charge in [-0.3, -0.25) is 4.79 Å². The molecule has 8 aliphatic rings. The number of methoxy groups -OCH3 is 1. The van der Waals surface area contributed by atoms with Gasteiger partial charge in [0.25, 0.3) is 0 Å². The molecule has 3 saturated heterocycles. The quantitative estimate of drug-likeness (QED) is 0.173. The molecule has 4 N–H and O–H groups in total. The zero-order valence-electron chi connectivity index (χ0n) is 37.2. The highest BCUT2D eigenvalue weighted by Crippen LogP contribution is 2.70. The van der Waals surface area contributed by atoms with Gasteiger partial charge in [-0.25, -0.2) is 4.79 Å². The second kappa shape index (κ2) is 18.3. The molecule has 15 nitrogen and oxygen atoms in total. The fourth-order valence-corrected chi connectivity index (χ4v) is 13.6. The Labute approximate surface area is 361 Å². The summed E-state index contributed by atoms with van der Waals surface area (Å²) in [6, 6.07) is 0. The molecule has 0 radical (unpaired) electrons. The van der Waals surface area contributed by atoms with Gasteiger partial charge >= 0.3 is 11.9 Å². The largest absolute Gasteiger partial charge is 0.469 e. The van der Waals surface area contributed by atoms with Gasteiger partial charge in [0.15, 0.2) is 18.9 Å². The van der Waals surface area contributed by atoms with Crippen molar-refractivity contribution >= 4 is 11.9 Å². The van der Waals surface area contributed by atoms with E-state index in [1.807, 2.05) is 27.7 Å². The van der Waals surface area contributed by atoms with Crippen molar-refractivity contribution in [1.29, 1.82) is 0 Å². The summed E-state index contributed by atoms with van der Waals surface area (Å²) in [4.78, 5) is 25.8. The SMILES string of the molecule is COC(=O)CCCN1CC[C@H](O[C@H]2[C@@H](O)C[C@H](O[C@H]3[C@@H](O)C[C@H](O[C@H]4CC[C@@]5(C)[C@H](CC[C@@H]6[C@@H]5C[C@@H](O)[C@]5(C)[C@@H](C7=CC(=O)OC7)CC[C@]65O)C4)O[C@@H]3C)O[C@@H]2C)O[C@H](C)C1. The summed E-state index contributed by atoms with van der Waals surface area (Å²) in [5.74, 6) is 0.0121. The first-order chi connectivity index (χ1) is 29.0. The highest BCUT2D eigenvalue weighted by atomic mass is 16.7. The second-order valence-corrected chi connectivity index (χ2v) is 20.4. The molecule has 19 atom stereocenters. The molecule has 61 heavy (non-hydrogen) atoms. The number of hydrogen-bond acceptors (Lipinski definition) is 15. The molecule has 0 spiro atoms. The number of nitrogens with zero attached hydrogens (tertiary/aromatic N) is 1. The summed E-state index contributed by atoms with van der Waals surface area (Å²) in [6.07, 6.45) is 3.46. The third kappa shape index (κ3) is 8.85. The van der Waals surface area contributed by atoms with E-state index in [9.17, 15) is 30.0 Å². The summed E-state index contributed by atoms with van der Waals surface area (Å²) in [5.41, 5.74) is -0.878. The van der Waals surface area contributed by atoms with E-state index in [0.29, 0.717) is 44.6 Å². The van der Waals surface area contributed by atoms with E-state index in [4.69, 9.17) is 37.9 Å². The van der Waals surface area contributed by atoms with Crippen LogP contribution in [0.2, 0.25) is 0 Å². The lowest BCUT2D eigenvalue weighted by atomic mass is 9.42. The van der Waals surface area contributed by atoms with Crippen molar-refractivity contribution in [2.45, 2.75) is 197 Å². The van der Waals surface area contributed by atoms with Crippen LogP contribution < -0.4 is 0 Å². The third-order valence-electron chi connectivity index (χ3n) is 16.9. The molecule has 4 saturated carbocycles. The number of hydrogen-bond donors (Lipinski definition) is 4. The number of aliphatic hydroxyl groups excluding tert-OH is 3. The Kier molecular flexibility index (Phi) is 13.7. The fraction of sp³-hybridized carbons (Fsp3) is 0.913. The van der Waals surface area contributed by atoms with Crippen LogP contribution in [0.4, 0.5) is 0 Å². The normalized spacial score (nSPS) is 49.2. The lowest BCUT2D eigenvalue weighted by molar-refractivity contribution is -0.329. The Hall–Kier alpha value is -1.76. The van der Waals surface area contributed by atoms with Gasteiger partial charge in [-0.2, -0.15) is 0 Å². The average Bonchev–Trinajstić information content (AvgIpc) is 3.70. The Bertz CT molecular complexity index is 1570. The first-order valence-electron chi connectivity index (χ1n) is 23.4. The van der Waals surface area contributed by atoms with Crippen LogP contribution in [0.5, 0.6) is 0 Å². The van der Waals surface area contributed by atoms with Crippen molar-refractivity contribution in [3.8, 4) is 0 Å². The van der Waals surface area contributed by atoms with Crippen molar-refractivity contribution in [1.82, 2.24) is 4.90 Å². The summed E-state index contributed by atoms with van der Waals surface area (Å²) in [6.45, 7) is 12.6. The number of fused-ring (bicyclic) bond motifs is 5. The van der Waals surface area contributed by atoms with Crippen LogP contribution in [0.1, 0.15) is 118 Å².